The van der Waals surface area contributed by atoms with Crippen molar-refractivity contribution in [1.82, 2.24) is 0 Å². The Balaban J connectivity index is 1.50. The number of rotatable bonds is 5. The highest BCUT2D eigenvalue weighted by molar-refractivity contribution is 6.12. The molecule has 0 aromatic heterocycles. The van der Waals surface area contributed by atoms with Crippen LogP contribution in [-0.2, 0) is 6.61 Å². The van der Waals surface area contributed by atoms with Crippen molar-refractivity contribution < 1.29 is 36.2 Å². The van der Waals surface area contributed by atoms with E-state index in [4.69, 9.17) is 9.47 Å². The predicted molar refractivity (Wildman–Crippen MR) is 106 cm³/mol. The Bertz CT molecular complexity index is 1240. The maximum absolute atomic E-state index is 13.8. The van der Waals surface area contributed by atoms with Crippen molar-refractivity contribution in [2.75, 3.05) is 0 Å². The van der Waals surface area contributed by atoms with Crippen molar-refractivity contribution in [2.45, 2.75) is 6.61 Å². The Morgan fingerprint density at radius 2 is 1.50 bits per heavy atom. The number of benzene rings is 3. The van der Waals surface area contributed by atoms with Crippen molar-refractivity contribution in [3.05, 3.63) is 112 Å². The first kappa shape index (κ1) is 21.3. The molecule has 0 bridgehead atoms. The second-order valence-corrected chi connectivity index (χ2v) is 6.73. The lowest BCUT2D eigenvalue weighted by Crippen LogP contribution is -2.09. The third-order valence-electron chi connectivity index (χ3n) is 4.66. The molecule has 3 nitrogen and oxygen atoms in total. The van der Waals surface area contributed by atoms with Crippen LogP contribution in [0.1, 0.15) is 21.5 Å². The summed E-state index contributed by atoms with van der Waals surface area (Å²) in [5.41, 5.74) is 0.0644. The molecule has 0 saturated heterocycles. The van der Waals surface area contributed by atoms with Crippen LogP contribution in [0.25, 0.3) is 6.08 Å². The Hall–Kier alpha value is -3.94. The number of fused-ring (bicyclic) bond motifs is 1. The van der Waals surface area contributed by atoms with Crippen LogP contribution in [0.2, 0.25) is 0 Å². The van der Waals surface area contributed by atoms with Gasteiger partial charge in [-0.1, -0.05) is 42.5 Å². The quantitative estimate of drug-likeness (QED) is 0.205. The molecular weight excluding hydrogens is 431 g/mol. The molecule has 1 heterocycles. The summed E-state index contributed by atoms with van der Waals surface area (Å²) in [6.45, 7) is -0.916. The standard InChI is InChI=1S/C24H13F5O3/c25-19-16(20(26)22(28)23(29)21(19)27)12-31-14-9-10-15-18(11-14)32-17(24(15)30)8-4-7-13-5-2-1-3-6-13/h1-11H,12H2/b7-4+,17-8-. The minimum atomic E-state index is -2.24. The van der Waals surface area contributed by atoms with Crippen molar-refractivity contribution >= 4 is 11.9 Å². The third kappa shape index (κ3) is 3.99. The van der Waals surface area contributed by atoms with Crippen molar-refractivity contribution in [3.63, 3.8) is 0 Å². The van der Waals surface area contributed by atoms with Gasteiger partial charge in [-0.3, -0.25) is 4.79 Å². The molecule has 0 aliphatic carbocycles. The van der Waals surface area contributed by atoms with Gasteiger partial charge >= 0.3 is 0 Å². The van der Waals surface area contributed by atoms with Gasteiger partial charge in [-0.15, -0.1) is 0 Å². The molecule has 0 N–H and O–H groups in total. The van der Waals surface area contributed by atoms with Crippen LogP contribution in [0.4, 0.5) is 22.0 Å². The number of halogens is 5. The van der Waals surface area contributed by atoms with E-state index in [1.54, 1.807) is 12.2 Å². The third-order valence-corrected chi connectivity index (χ3v) is 4.66. The molecule has 0 spiro atoms. The summed E-state index contributed by atoms with van der Waals surface area (Å²) in [4.78, 5) is 12.4. The molecule has 3 aromatic carbocycles. The Kier molecular flexibility index (Phi) is 5.77. The zero-order chi connectivity index (χ0) is 22.8. The average molecular weight is 444 g/mol. The van der Waals surface area contributed by atoms with Crippen molar-refractivity contribution in [2.24, 2.45) is 0 Å². The van der Waals surface area contributed by atoms with Crippen LogP contribution < -0.4 is 9.47 Å². The normalized spacial score (nSPS) is 14.2. The van der Waals surface area contributed by atoms with E-state index in [1.807, 2.05) is 30.3 Å². The van der Waals surface area contributed by atoms with Crippen LogP contribution in [0, 0.1) is 29.1 Å². The van der Waals surface area contributed by atoms with Gasteiger partial charge in [0.05, 0.1) is 11.1 Å². The summed E-state index contributed by atoms with van der Waals surface area (Å²) in [5.74, 6) is -10.4. The van der Waals surface area contributed by atoms with E-state index in [9.17, 15) is 26.7 Å². The number of allylic oxidation sites excluding steroid dienone is 3. The summed E-state index contributed by atoms with van der Waals surface area (Å²) >= 11 is 0. The zero-order valence-corrected chi connectivity index (χ0v) is 16.2. The van der Waals surface area contributed by atoms with E-state index >= 15 is 0 Å². The number of ether oxygens (including phenoxy) is 2. The first-order chi connectivity index (χ1) is 15.4. The number of ketones is 1. The fourth-order valence-corrected chi connectivity index (χ4v) is 3.02. The first-order valence-electron chi connectivity index (χ1n) is 9.30. The summed E-state index contributed by atoms with van der Waals surface area (Å²) in [7, 11) is 0. The van der Waals surface area contributed by atoms with Gasteiger partial charge < -0.3 is 9.47 Å². The fourth-order valence-electron chi connectivity index (χ4n) is 3.02. The minimum absolute atomic E-state index is 0.0153. The number of carbonyl (C=O) groups is 1. The van der Waals surface area contributed by atoms with Gasteiger partial charge in [-0.05, 0) is 23.8 Å². The topological polar surface area (TPSA) is 35.5 Å². The molecule has 4 rings (SSSR count). The second-order valence-electron chi connectivity index (χ2n) is 6.73. The first-order valence-corrected chi connectivity index (χ1v) is 9.30. The Labute approximate surface area is 179 Å². The van der Waals surface area contributed by atoms with E-state index in [2.05, 4.69) is 0 Å². The van der Waals surface area contributed by atoms with Gasteiger partial charge in [0, 0.05) is 6.07 Å². The van der Waals surface area contributed by atoms with Crippen LogP contribution >= 0.6 is 0 Å². The molecule has 0 unspecified atom stereocenters. The predicted octanol–water partition coefficient (Wildman–Crippen LogP) is 6.13. The van der Waals surface area contributed by atoms with Crippen LogP contribution in [0.15, 0.2) is 66.4 Å². The number of hydrogen-bond acceptors (Lipinski definition) is 3. The smallest absolute Gasteiger partial charge is 0.231 e. The highest BCUT2D eigenvalue weighted by Gasteiger charge is 2.28. The van der Waals surface area contributed by atoms with Crippen LogP contribution in [0.5, 0.6) is 11.5 Å². The average Bonchev–Trinajstić information content (AvgIpc) is 3.12. The van der Waals surface area contributed by atoms with Crippen molar-refractivity contribution in [3.8, 4) is 11.5 Å². The van der Waals surface area contributed by atoms with Gasteiger partial charge in [0.1, 0.15) is 18.1 Å². The lowest BCUT2D eigenvalue weighted by atomic mass is 10.1. The molecule has 1 aliphatic rings. The molecule has 0 radical (unpaired) electrons. The SMILES string of the molecule is O=C1/C(=C/C=C/c2ccccc2)Oc2cc(OCc3c(F)c(F)c(F)c(F)c3F)ccc21. The monoisotopic (exact) mass is 444 g/mol. The Morgan fingerprint density at radius 3 is 2.19 bits per heavy atom. The lowest BCUT2D eigenvalue weighted by Gasteiger charge is -2.10. The van der Waals surface area contributed by atoms with Gasteiger partial charge in [-0.2, -0.15) is 0 Å². The molecule has 8 heteroatoms. The molecule has 0 saturated carbocycles. The Morgan fingerprint density at radius 1 is 0.844 bits per heavy atom. The van der Waals surface area contributed by atoms with Crippen LogP contribution in [0.3, 0.4) is 0 Å². The lowest BCUT2D eigenvalue weighted by molar-refractivity contribution is 0.101. The van der Waals surface area contributed by atoms with E-state index in [1.165, 1.54) is 24.3 Å². The molecule has 32 heavy (non-hydrogen) atoms. The van der Waals surface area contributed by atoms with Gasteiger partial charge in [-0.25, -0.2) is 22.0 Å². The largest absolute Gasteiger partial charge is 0.489 e. The molecule has 3 aromatic rings. The minimum Gasteiger partial charge on any atom is -0.489 e. The van der Waals surface area contributed by atoms with E-state index in [-0.39, 0.29) is 28.6 Å². The van der Waals surface area contributed by atoms with Gasteiger partial charge in [0.25, 0.3) is 0 Å². The van der Waals surface area contributed by atoms with E-state index in [0.29, 0.717) is 0 Å². The van der Waals surface area contributed by atoms with Gasteiger partial charge in [0.2, 0.25) is 11.6 Å². The summed E-state index contributed by atoms with van der Waals surface area (Å²) in [6, 6.07) is 13.4. The summed E-state index contributed by atoms with van der Waals surface area (Å²) in [5, 5.41) is 0. The maximum Gasteiger partial charge on any atom is 0.231 e. The highest BCUT2D eigenvalue weighted by atomic mass is 19.2. The van der Waals surface area contributed by atoms with Crippen LogP contribution in [-0.4, -0.2) is 5.78 Å². The van der Waals surface area contributed by atoms with Gasteiger partial charge in [0.15, 0.2) is 29.0 Å². The summed E-state index contributed by atoms with van der Waals surface area (Å²) < 4.78 is 78.0. The molecule has 0 fully saturated rings. The molecule has 1 aliphatic heterocycles. The number of Topliss-reactive ketones (excluding diaryl/α,β-unsaturated/α-hetero) is 1. The zero-order valence-electron chi connectivity index (χ0n) is 16.2. The number of hydrogen-bond donors (Lipinski definition) is 0. The fraction of sp³-hybridized carbons (Fsp3) is 0.0417. The molecule has 0 amide bonds. The molecular formula is C24H13F5O3. The molecule has 162 valence electrons. The van der Waals surface area contributed by atoms with Crippen molar-refractivity contribution in [1.29, 1.82) is 0 Å². The molecule has 0 atom stereocenters. The maximum atomic E-state index is 13.8. The second kappa shape index (κ2) is 8.66. The number of carbonyl (C=O) groups excluding carboxylic acids is 1. The summed E-state index contributed by atoms with van der Waals surface area (Å²) in [6.07, 6.45) is 4.92. The van der Waals surface area contributed by atoms with E-state index < -0.39 is 41.3 Å². The van der Waals surface area contributed by atoms with E-state index in [0.717, 1.165) is 5.56 Å². The highest BCUT2D eigenvalue weighted by Crippen LogP contribution is 2.34.